The van der Waals surface area contributed by atoms with Crippen molar-refractivity contribution in [2.45, 2.75) is 12.6 Å². The summed E-state index contributed by atoms with van der Waals surface area (Å²) in [6.07, 6.45) is 3.03. The monoisotopic (exact) mass is 189 g/mol. The van der Waals surface area contributed by atoms with Crippen LogP contribution in [0.1, 0.15) is 0 Å². The lowest BCUT2D eigenvalue weighted by atomic mass is 10.3. The SMILES string of the molecule is OCC(O)C[n+]1ccccc1.[Cl-]. The number of rotatable bonds is 3. The molecule has 12 heavy (non-hydrogen) atoms. The minimum absolute atomic E-state index is 0. The first kappa shape index (κ1) is 11.4. The Hall–Kier alpha value is -0.640. The molecule has 2 N–H and O–H groups in total. The maximum Gasteiger partial charge on any atom is 0.176 e. The molecule has 0 spiro atoms. The Kier molecular flexibility index (Phi) is 5.62. The third-order valence-corrected chi connectivity index (χ3v) is 1.41. The van der Waals surface area contributed by atoms with Gasteiger partial charge in [-0.05, 0) is 0 Å². The van der Waals surface area contributed by atoms with Gasteiger partial charge >= 0.3 is 0 Å². The first-order chi connectivity index (χ1) is 5.33. The van der Waals surface area contributed by atoms with Gasteiger partial charge in [0.25, 0.3) is 0 Å². The second-order valence-electron chi connectivity index (χ2n) is 2.41. The van der Waals surface area contributed by atoms with Crippen molar-refractivity contribution in [3.8, 4) is 0 Å². The van der Waals surface area contributed by atoms with Crippen LogP contribution in [-0.4, -0.2) is 22.9 Å². The van der Waals surface area contributed by atoms with Gasteiger partial charge in [0.15, 0.2) is 18.9 Å². The molecule has 0 aliphatic rings. The molecule has 4 heteroatoms. The summed E-state index contributed by atoms with van der Waals surface area (Å²) in [4.78, 5) is 0. The first-order valence-electron chi connectivity index (χ1n) is 3.56. The second-order valence-corrected chi connectivity index (χ2v) is 2.41. The average molecular weight is 190 g/mol. The van der Waals surface area contributed by atoms with Crippen LogP contribution in [0.4, 0.5) is 0 Å². The molecule has 1 aromatic heterocycles. The highest BCUT2D eigenvalue weighted by atomic mass is 35.5. The predicted octanol–water partition coefficient (Wildman–Crippen LogP) is -3.67. The molecule has 1 heterocycles. The predicted molar refractivity (Wildman–Crippen MR) is 39.7 cm³/mol. The van der Waals surface area contributed by atoms with Gasteiger partial charge in [0, 0.05) is 12.1 Å². The second kappa shape index (κ2) is 5.94. The molecule has 1 atom stereocenters. The van der Waals surface area contributed by atoms with Crippen LogP contribution in [0.2, 0.25) is 0 Å². The summed E-state index contributed by atoms with van der Waals surface area (Å²) >= 11 is 0. The van der Waals surface area contributed by atoms with E-state index in [1.54, 1.807) is 0 Å². The molecule has 1 rings (SSSR count). The third-order valence-electron chi connectivity index (χ3n) is 1.41. The molecule has 0 aliphatic carbocycles. The molecule has 0 saturated heterocycles. The van der Waals surface area contributed by atoms with Crippen molar-refractivity contribution in [3.05, 3.63) is 30.6 Å². The lowest BCUT2D eigenvalue weighted by Gasteiger charge is -2.01. The molecule has 68 valence electrons. The van der Waals surface area contributed by atoms with Gasteiger partial charge in [-0.2, -0.15) is 0 Å². The number of halogens is 1. The number of hydrogen-bond acceptors (Lipinski definition) is 2. The summed E-state index contributed by atoms with van der Waals surface area (Å²) in [5.74, 6) is 0. The average Bonchev–Trinajstić information content (AvgIpc) is 2.06. The molecule has 0 aliphatic heterocycles. The van der Waals surface area contributed by atoms with Crippen LogP contribution < -0.4 is 17.0 Å². The van der Waals surface area contributed by atoms with Crippen LogP contribution in [-0.2, 0) is 6.54 Å². The Bertz CT molecular complexity index is 205. The Labute approximate surface area is 77.7 Å². The molecular formula is C8H12ClNO2. The summed E-state index contributed by atoms with van der Waals surface area (Å²) in [5, 5.41) is 17.6. The molecule has 0 amide bonds. The Morgan fingerprint density at radius 1 is 1.17 bits per heavy atom. The molecule has 0 fully saturated rings. The number of pyridine rings is 1. The topological polar surface area (TPSA) is 44.3 Å². The van der Waals surface area contributed by atoms with Crippen LogP contribution in [0.25, 0.3) is 0 Å². The van der Waals surface area contributed by atoms with Gasteiger partial charge in [0.1, 0.15) is 6.10 Å². The summed E-state index contributed by atoms with van der Waals surface area (Å²) in [7, 11) is 0. The van der Waals surface area contributed by atoms with Gasteiger partial charge in [-0.3, -0.25) is 0 Å². The largest absolute Gasteiger partial charge is 1.00 e. The van der Waals surface area contributed by atoms with Gasteiger partial charge in [-0.1, -0.05) is 6.07 Å². The molecular weight excluding hydrogens is 178 g/mol. The van der Waals surface area contributed by atoms with E-state index in [4.69, 9.17) is 10.2 Å². The summed E-state index contributed by atoms with van der Waals surface area (Å²) in [6.45, 7) is 0.249. The zero-order valence-electron chi connectivity index (χ0n) is 6.60. The minimum Gasteiger partial charge on any atom is -1.00 e. The standard InChI is InChI=1S/C8H12NO2.ClH/c10-7-8(11)6-9-4-2-1-3-5-9;/h1-5,8,10-11H,6-7H2;1H/q+1;/p-1. The van der Waals surface area contributed by atoms with Crippen LogP contribution in [0.5, 0.6) is 0 Å². The first-order valence-corrected chi connectivity index (χ1v) is 3.56. The van der Waals surface area contributed by atoms with Gasteiger partial charge in [0.2, 0.25) is 0 Å². The molecule has 0 aromatic carbocycles. The highest BCUT2D eigenvalue weighted by Gasteiger charge is 2.07. The highest BCUT2D eigenvalue weighted by Crippen LogP contribution is 1.81. The quantitative estimate of drug-likeness (QED) is 0.482. The Morgan fingerprint density at radius 3 is 2.25 bits per heavy atom. The molecule has 3 nitrogen and oxygen atoms in total. The van der Waals surface area contributed by atoms with Crippen molar-refractivity contribution in [1.82, 2.24) is 0 Å². The van der Waals surface area contributed by atoms with Gasteiger partial charge in [-0.15, -0.1) is 0 Å². The number of hydrogen-bond donors (Lipinski definition) is 2. The van der Waals surface area contributed by atoms with Crippen molar-refractivity contribution in [2.75, 3.05) is 6.61 Å². The highest BCUT2D eigenvalue weighted by molar-refractivity contribution is 4.83. The number of nitrogens with zero attached hydrogens (tertiary/aromatic N) is 1. The van der Waals surface area contributed by atoms with E-state index in [-0.39, 0.29) is 19.0 Å². The Morgan fingerprint density at radius 2 is 1.75 bits per heavy atom. The van der Waals surface area contributed by atoms with Gasteiger partial charge in [-0.25, -0.2) is 4.57 Å². The van der Waals surface area contributed by atoms with E-state index in [9.17, 15) is 0 Å². The van der Waals surface area contributed by atoms with E-state index in [0.717, 1.165) is 0 Å². The van der Waals surface area contributed by atoms with Crippen molar-refractivity contribution in [1.29, 1.82) is 0 Å². The fraction of sp³-hybridized carbons (Fsp3) is 0.375. The number of aromatic nitrogens is 1. The zero-order valence-corrected chi connectivity index (χ0v) is 7.35. The smallest absolute Gasteiger partial charge is 0.176 e. The zero-order chi connectivity index (χ0) is 8.10. The van der Waals surface area contributed by atoms with E-state index in [1.807, 2.05) is 35.2 Å². The van der Waals surface area contributed by atoms with Crippen molar-refractivity contribution < 1.29 is 27.2 Å². The Balaban J connectivity index is 0.00000121. The molecule has 1 unspecified atom stereocenters. The third kappa shape index (κ3) is 3.67. The van der Waals surface area contributed by atoms with Crippen molar-refractivity contribution in [3.63, 3.8) is 0 Å². The van der Waals surface area contributed by atoms with E-state index in [1.165, 1.54) is 0 Å². The molecule has 0 saturated carbocycles. The lowest BCUT2D eigenvalue weighted by Crippen LogP contribution is -3.00. The van der Waals surface area contributed by atoms with E-state index < -0.39 is 6.10 Å². The van der Waals surface area contributed by atoms with E-state index in [0.29, 0.717) is 6.54 Å². The van der Waals surface area contributed by atoms with Crippen molar-refractivity contribution >= 4 is 0 Å². The summed E-state index contributed by atoms with van der Waals surface area (Å²) in [5.41, 5.74) is 0. The number of aliphatic hydroxyl groups is 2. The fourth-order valence-corrected chi connectivity index (χ4v) is 0.857. The molecule has 0 radical (unpaired) electrons. The van der Waals surface area contributed by atoms with Gasteiger partial charge in [0.05, 0.1) is 6.61 Å². The summed E-state index contributed by atoms with van der Waals surface area (Å²) < 4.78 is 1.82. The van der Waals surface area contributed by atoms with E-state index >= 15 is 0 Å². The fourth-order valence-electron chi connectivity index (χ4n) is 0.857. The van der Waals surface area contributed by atoms with Crippen LogP contribution in [0.3, 0.4) is 0 Å². The van der Waals surface area contributed by atoms with Crippen LogP contribution in [0, 0.1) is 0 Å². The molecule has 1 aromatic rings. The maximum absolute atomic E-state index is 9.04. The lowest BCUT2D eigenvalue weighted by molar-refractivity contribution is -0.703. The number of aliphatic hydroxyl groups excluding tert-OH is 2. The van der Waals surface area contributed by atoms with Crippen LogP contribution in [0.15, 0.2) is 30.6 Å². The van der Waals surface area contributed by atoms with E-state index in [2.05, 4.69) is 0 Å². The summed E-state index contributed by atoms with van der Waals surface area (Å²) in [6, 6.07) is 5.66. The minimum atomic E-state index is -0.664. The van der Waals surface area contributed by atoms with Gasteiger partial charge < -0.3 is 22.6 Å². The maximum atomic E-state index is 9.04. The van der Waals surface area contributed by atoms with Crippen molar-refractivity contribution in [2.24, 2.45) is 0 Å². The normalized spacial score (nSPS) is 11.8. The van der Waals surface area contributed by atoms with Crippen LogP contribution >= 0.6 is 0 Å². The molecule has 0 bridgehead atoms.